The summed E-state index contributed by atoms with van der Waals surface area (Å²) in [5.41, 5.74) is -0.0428. The lowest BCUT2D eigenvalue weighted by molar-refractivity contribution is 0.147. The van der Waals surface area contributed by atoms with Gasteiger partial charge in [-0.05, 0) is 27.2 Å². The average Bonchev–Trinajstić information content (AvgIpc) is 2.91. The number of thiazole rings is 1. The zero-order valence-electron chi connectivity index (χ0n) is 10.2. The highest BCUT2D eigenvalue weighted by Gasteiger charge is 2.40. The van der Waals surface area contributed by atoms with Gasteiger partial charge >= 0.3 is 0 Å². The largest absolute Gasteiger partial charge is 0.381 e. The third-order valence-corrected chi connectivity index (χ3v) is 4.22. The fraction of sp³-hybridized carbons (Fsp3) is 0.750. The van der Waals surface area contributed by atoms with Crippen molar-refractivity contribution in [1.82, 2.24) is 10.3 Å². The molecule has 1 saturated heterocycles. The highest BCUT2D eigenvalue weighted by atomic mass is 32.1. The topological polar surface area (TPSA) is 34.2 Å². The van der Waals surface area contributed by atoms with Crippen molar-refractivity contribution in [2.45, 2.75) is 38.8 Å². The molecule has 2 rings (SSSR count). The van der Waals surface area contributed by atoms with Crippen LogP contribution in [0.1, 0.15) is 32.2 Å². The van der Waals surface area contributed by atoms with E-state index >= 15 is 0 Å². The molecule has 0 bridgehead atoms. The first-order valence-electron chi connectivity index (χ1n) is 5.88. The molecule has 2 atom stereocenters. The van der Waals surface area contributed by atoms with Crippen LogP contribution in [0.4, 0.5) is 0 Å². The van der Waals surface area contributed by atoms with Gasteiger partial charge in [0, 0.05) is 30.1 Å². The summed E-state index contributed by atoms with van der Waals surface area (Å²) in [5.74, 6) is 0.529. The molecule has 0 saturated carbocycles. The molecule has 1 fully saturated rings. The number of aromatic nitrogens is 1. The van der Waals surface area contributed by atoms with E-state index in [0.717, 1.165) is 19.6 Å². The van der Waals surface area contributed by atoms with E-state index < -0.39 is 0 Å². The lowest BCUT2D eigenvalue weighted by Crippen LogP contribution is -2.49. The minimum Gasteiger partial charge on any atom is -0.381 e. The lowest BCUT2D eigenvalue weighted by atomic mass is 9.85. The van der Waals surface area contributed by atoms with Crippen molar-refractivity contribution in [1.29, 1.82) is 0 Å². The predicted molar refractivity (Wildman–Crippen MR) is 66.7 cm³/mol. The van der Waals surface area contributed by atoms with E-state index in [4.69, 9.17) is 4.74 Å². The van der Waals surface area contributed by atoms with Crippen LogP contribution >= 0.6 is 11.3 Å². The predicted octanol–water partition coefficient (Wildman–Crippen LogP) is 2.39. The molecule has 0 amide bonds. The lowest BCUT2D eigenvalue weighted by Gasteiger charge is -2.36. The number of ether oxygens (including phenoxy) is 1. The van der Waals surface area contributed by atoms with E-state index in [0.29, 0.717) is 12.0 Å². The Bertz CT molecular complexity index is 320. The summed E-state index contributed by atoms with van der Waals surface area (Å²) < 4.78 is 5.52. The van der Waals surface area contributed by atoms with Gasteiger partial charge in [0.1, 0.15) is 5.01 Å². The molecule has 0 radical (unpaired) electrons. The van der Waals surface area contributed by atoms with Gasteiger partial charge in [0.15, 0.2) is 0 Å². The highest BCUT2D eigenvalue weighted by molar-refractivity contribution is 7.09. The minimum atomic E-state index is -0.0428. The Labute approximate surface area is 101 Å². The van der Waals surface area contributed by atoms with E-state index in [1.165, 1.54) is 5.01 Å². The summed E-state index contributed by atoms with van der Waals surface area (Å²) in [6.45, 7) is 8.34. The average molecular weight is 240 g/mol. The molecule has 1 aromatic heterocycles. The molecule has 0 aromatic carbocycles. The first kappa shape index (κ1) is 12.0. The van der Waals surface area contributed by atoms with Gasteiger partial charge in [-0.2, -0.15) is 0 Å². The maximum atomic E-state index is 5.52. The summed E-state index contributed by atoms with van der Waals surface area (Å²) in [6.07, 6.45) is 3.01. The van der Waals surface area contributed by atoms with Gasteiger partial charge < -0.3 is 10.1 Å². The Hall–Kier alpha value is -0.450. The molecule has 1 N–H and O–H groups in total. The Morgan fingerprint density at radius 2 is 2.44 bits per heavy atom. The number of hydrogen-bond acceptors (Lipinski definition) is 4. The molecular weight excluding hydrogens is 220 g/mol. The maximum absolute atomic E-state index is 5.52. The Kier molecular flexibility index (Phi) is 3.62. The molecule has 2 unspecified atom stereocenters. The van der Waals surface area contributed by atoms with Crippen molar-refractivity contribution < 1.29 is 4.74 Å². The molecular formula is C12H20N2OS. The van der Waals surface area contributed by atoms with Crippen molar-refractivity contribution in [2.75, 3.05) is 13.2 Å². The molecule has 0 aliphatic carbocycles. The number of nitrogens with zero attached hydrogens (tertiary/aromatic N) is 1. The van der Waals surface area contributed by atoms with Crippen molar-refractivity contribution in [2.24, 2.45) is 5.92 Å². The molecule has 3 nitrogen and oxygen atoms in total. The van der Waals surface area contributed by atoms with E-state index in [9.17, 15) is 0 Å². The maximum Gasteiger partial charge on any atom is 0.113 e. The standard InChI is InChI=1S/C12H20N2OS/c1-9(2)14-12(3,10-4-6-15-8-10)11-13-5-7-16-11/h5,7,9-10,14H,4,6,8H2,1-3H3. The zero-order chi connectivity index (χ0) is 11.6. The fourth-order valence-corrected chi connectivity index (χ4v) is 3.27. The molecule has 1 aliphatic heterocycles. The minimum absolute atomic E-state index is 0.0428. The third kappa shape index (κ3) is 2.29. The normalized spacial score (nSPS) is 24.9. The summed E-state index contributed by atoms with van der Waals surface area (Å²) in [6, 6.07) is 0.453. The number of hydrogen-bond donors (Lipinski definition) is 1. The van der Waals surface area contributed by atoms with Crippen molar-refractivity contribution in [3.05, 3.63) is 16.6 Å². The van der Waals surface area contributed by atoms with Crippen LogP contribution in [0, 0.1) is 5.92 Å². The second-order valence-corrected chi connectivity index (χ2v) is 5.79. The molecule has 4 heteroatoms. The van der Waals surface area contributed by atoms with Crippen LogP contribution in [-0.4, -0.2) is 24.2 Å². The Morgan fingerprint density at radius 3 is 2.94 bits per heavy atom. The van der Waals surface area contributed by atoms with Crippen LogP contribution in [0.5, 0.6) is 0 Å². The molecule has 90 valence electrons. The second kappa shape index (κ2) is 4.82. The van der Waals surface area contributed by atoms with Crippen molar-refractivity contribution in [3.63, 3.8) is 0 Å². The van der Waals surface area contributed by atoms with E-state index in [1.807, 2.05) is 11.6 Å². The van der Waals surface area contributed by atoms with Crippen LogP contribution in [0.25, 0.3) is 0 Å². The SMILES string of the molecule is CC(C)NC(C)(c1nccs1)C1CCOC1. The van der Waals surface area contributed by atoms with Crippen LogP contribution in [0.2, 0.25) is 0 Å². The molecule has 16 heavy (non-hydrogen) atoms. The smallest absolute Gasteiger partial charge is 0.113 e. The summed E-state index contributed by atoms with van der Waals surface area (Å²) in [4.78, 5) is 4.49. The Morgan fingerprint density at radius 1 is 1.62 bits per heavy atom. The zero-order valence-corrected chi connectivity index (χ0v) is 11.0. The fourth-order valence-electron chi connectivity index (χ4n) is 2.42. The second-order valence-electron chi connectivity index (χ2n) is 4.90. The molecule has 1 aromatic rings. The van der Waals surface area contributed by atoms with Gasteiger partial charge in [-0.1, -0.05) is 0 Å². The number of nitrogens with one attached hydrogen (secondary N) is 1. The quantitative estimate of drug-likeness (QED) is 0.877. The Balaban J connectivity index is 2.24. The van der Waals surface area contributed by atoms with Crippen LogP contribution in [-0.2, 0) is 10.3 Å². The van der Waals surface area contributed by atoms with E-state index in [2.05, 4.69) is 31.1 Å². The summed E-state index contributed by atoms with van der Waals surface area (Å²) in [5, 5.41) is 6.89. The van der Waals surface area contributed by atoms with Gasteiger partial charge in [0.05, 0.1) is 12.1 Å². The van der Waals surface area contributed by atoms with Crippen LogP contribution in [0.15, 0.2) is 11.6 Å². The van der Waals surface area contributed by atoms with Gasteiger partial charge in [-0.3, -0.25) is 0 Å². The van der Waals surface area contributed by atoms with Crippen LogP contribution < -0.4 is 5.32 Å². The summed E-state index contributed by atoms with van der Waals surface area (Å²) >= 11 is 1.73. The third-order valence-electron chi connectivity index (χ3n) is 3.21. The highest BCUT2D eigenvalue weighted by Crippen LogP contribution is 2.36. The van der Waals surface area contributed by atoms with Crippen LogP contribution in [0.3, 0.4) is 0 Å². The first-order valence-corrected chi connectivity index (χ1v) is 6.76. The van der Waals surface area contributed by atoms with Crippen molar-refractivity contribution in [3.8, 4) is 0 Å². The molecule has 1 aliphatic rings. The van der Waals surface area contributed by atoms with E-state index in [1.54, 1.807) is 11.3 Å². The monoisotopic (exact) mass is 240 g/mol. The van der Waals surface area contributed by atoms with Gasteiger partial charge in [0.2, 0.25) is 0 Å². The van der Waals surface area contributed by atoms with Gasteiger partial charge in [0.25, 0.3) is 0 Å². The van der Waals surface area contributed by atoms with Gasteiger partial charge in [-0.25, -0.2) is 4.98 Å². The first-order chi connectivity index (χ1) is 7.63. The van der Waals surface area contributed by atoms with E-state index in [-0.39, 0.29) is 5.54 Å². The van der Waals surface area contributed by atoms with Crippen molar-refractivity contribution >= 4 is 11.3 Å². The molecule has 2 heterocycles. The number of rotatable bonds is 4. The van der Waals surface area contributed by atoms with Gasteiger partial charge in [-0.15, -0.1) is 11.3 Å². The summed E-state index contributed by atoms with van der Waals surface area (Å²) in [7, 11) is 0. The molecule has 0 spiro atoms.